The third-order valence-electron chi connectivity index (χ3n) is 2.16. The molecule has 1 aromatic rings. The van der Waals surface area contributed by atoms with Crippen LogP contribution in [-0.2, 0) is 0 Å². The van der Waals surface area contributed by atoms with E-state index in [0.717, 1.165) is 10.6 Å². The fourth-order valence-corrected chi connectivity index (χ4v) is 2.40. The van der Waals surface area contributed by atoms with Gasteiger partial charge in [-0.25, -0.2) is 0 Å². The van der Waals surface area contributed by atoms with Crippen LogP contribution >= 0.6 is 11.8 Å². The molecule has 0 aliphatic rings. The first-order valence-corrected chi connectivity index (χ1v) is 6.26. The molecule has 0 fully saturated rings. The average molecular weight is 223 g/mol. The van der Waals surface area contributed by atoms with Gasteiger partial charge in [0.2, 0.25) is 5.91 Å². The zero-order valence-electron chi connectivity index (χ0n) is 9.03. The van der Waals surface area contributed by atoms with Crippen LogP contribution in [0.4, 0.5) is 0 Å². The van der Waals surface area contributed by atoms with Gasteiger partial charge < -0.3 is 5.73 Å². The highest BCUT2D eigenvalue weighted by Gasteiger charge is 2.06. The number of benzene rings is 1. The van der Waals surface area contributed by atoms with E-state index in [1.807, 2.05) is 18.2 Å². The highest BCUT2D eigenvalue weighted by Crippen LogP contribution is 2.23. The van der Waals surface area contributed by atoms with E-state index in [2.05, 4.69) is 6.92 Å². The van der Waals surface area contributed by atoms with Gasteiger partial charge in [-0.05, 0) is 24.3 Å². The van der Waals surface area contributed by atoms with Crippen LogP contribution in [0.25, 0.3) is 0 Å². The number of amides is 1. The number of carbonyl (C=O) groups is 1. The lowest BCUT2D eigenvalue weighted by Crippen LogP contribution is -2.11. The summed E-state index contributed by atoms with van der Waals surface area (Å²) in [6, 6.07) is 7.52. The Balaban J connectivity index is 2.56. The summed E-state index contributed by atoms with van der Waals surface area (Å²) in [5.74, 6) is 0.714. The average Bonchev–Trinajstić information content (AvgIpc) is 2.25. The van der Waals surface area contributed by atoms with E-state index < -0.39 is 0 Å². The van der Waals surface area contributed by atoms with Gasteiger partial charge in [-0.2, -0.15) is 0 Å². The van der Waals surface area contributed by atoms with Gasteiger partial charge >= 0.3 is 0 Å². The molecule has 0 heterocycles. The van der Waals surface area contributed by atoms with Gasteiger partial charge in [-0.1, -0.05) is 31.9 Å². The Labute approximate surface area is 95.2 Å². The SMILES string of the molecule is CCCCCSc1ccccc1C(N)=O. The van der Waals surface area contributed by atoms with Crippen molar-refractivity contribution in [2.45, 2.75) is 31.1 Å². The van der Waals surface area contributed by atoms with Gasteiger partial charge in [-0.15, -0.1) is 11.8 Å². The molecule has 0 saturated carbocycles. The number of nitrogens with two attached hydrogens (primary N) is 1. The topological polar surface area (TPSA) is 43.1 Å². The van der Waals surface area contributed by atoms with Crippen molar-refractivity contribution in [3.8, 4) is 0 Å². The molecule has 0 aliphatic heterocycles. The maximum Gasteiger partial charge on any atom is 0.249 e. The van der Waals surface area contributed by atoms with Crippen molar-refractivity contribution >= 4 is 17.7 Å². The Kier molecular flexibility index (Phi) is 5.26. The number of thioether (sulfide) groups is 1. The molecule has 0 aromatic heterocycles. The van der Waals surface area contributed by atoms with Crippen molar-refractivity contribution < 1.29 is 4.79 Å². The van der Waals surface area contributed by atoms with Gasteiger partial charge in [0.25, 0.3) is 0 Å². The van der Waals surface area contributed by atoms with Crippen LogP contribution < -0.4 is 5.73 Å². The summed E-state index contributed by atoms with van der Waals surface area (Å²) in [5, 5.41) is 0. The zero-order chi connectivity index (χ0) is 11.1. The molecule has 0 atom stereocenters. The number of hydrogen-bond acceptors (Lipinski definition) is 2. The van der Waals surface area contributed by atoms with E-state index in [4.69, 9.17) is 5.73 Å². The highest BCUT2D eigenvalue weighted by atomic mass is 32.2. The fraction of sp³-hybridized carbons (Fsp3) is 0.417. The Hall–Kier alpha value is -0.960. The Morgan fingerprint density at radius 1 is 1.33 bits per heavy atom. The molecule has 2 nitrogen and oxygen atoms in total. The zero-order valence-corrected chi connectivity index (χ0v) is 9.85. The standard InChI is InChI=1S/C12H17NOS/c1-2-3-6-9-15-11-8-5-4-7-10(11)12(13)14/h4-5,7-8H,2-3,6,9H2,1H3,(H2,13,14). The third-order valence-corrected chi connectivity index (χ3v) is 3.32. The smallest absolute Gasteiger partial charge is 0.249 e. The molecule has 0 radical (unpaired) electrons. The van der Waals surface area contributed by atoms with Crippen LogP contribution in [0.1, 0.15) is 36.5 Å². The van der Waals surface area contributed by atoms with E-state index in [-0.39, 0.29) is 5.91 Å². The maximum atomic E-state index is 11.1. The molecule has 3 heteroatoms. The molecule has 2 N–H and O–H groups in total. The van der Waals surface area contributed by atoms with Crippen LogP contribution in [-0.4, -0.2) is 11.7 Å². The molecule has 1 rings (SSSR count). The fourth-order valence-electron chi connectivity index (χ4n) is 1.33. The summed E-state index contributed by atoms with van der Waals surface area (Å²) in [7, 11) is 0. The van der Waals surface area contributed by atoms with E-state index >= 15 is 0 Å². The minimum Gasteiger partial charge on any atom is -0.366 e. The molecular weight excluding hydrogens is 206 g/mol. The van der Waals surface area contributed by atoms with Crippen molar-refractivity contribution in [2.75, 3.05) is 5.75 Å². The van der Waals surface area contributed by atoms with Gasteiger partial charge in [0.05, 0.1) is 5.56 Å². The molecule has 1 amide bonds. The predicted octanol–water partition coefficient (Wildman–Crippen LogP) is 3.07. The first-order chi connectivity index (χ1) is 7.25. The number of rotatable bonds is 6. The molecule has 0 bridgehead atoms. The monoisotopic (exact) mass is 223 g/mol. The molecule has 0 spiro atoms. The molecule has 1 aromatic carbocycles. The predicted molar refractivity (Wildman–Crippen MR) is 65.2 cm³/mol. The van der Waals surface area contributed by atoms with Crippen LogP contribution in [0.5, 0.6) is 0 Å². The summed E-state index contributed by atoms with van der Waals surface area (Å²) < 4.78 is 0. The van der Waals surface area contributed by atoms with Gasteiger partial charge in [0.15, 0.2) is 0 Å². The lowest BCUT2D eigenvalue weighted by atomic mass is 10.2. The van der Waals surface area contributed by atoms with Crippen molar-refractivity contribution in [3.05, 3.63) is 29.8 Å². The molecule has 0 saturated heterocycles. The highest BCUT2D eigenvalue weighted by molar-refractivity contribution is 7.99. The first kappa shape index (κ1) is 12.1. The second-order valence-corrected chi connectivity index (χ2v) is 4.55. The number of unbranched alkanes of at least 4 members (excludes halogenated alkanes) is 2. The molecule has 0 aliphatic carbocycles. The normalized spacial score (nSPS) is 10.2. The van der Waals surface area contributed by atoms with E-state index in [0.29, 0.717) is 5.56 Å². The van der Waals surface area contributed by atoms with E-state index in [1.54, 1.807) is 17.8 Å². The summed E-state index contributed by atoms with van der Waals surface area (Å²) in [6.07, 6.45) is 3.65. The number of hydrogen-bond donors (Lipinski definition) is 1. The van der Waals surface area contributed by atoms with Gasteiger partial charge in [-0.3, -0.25) is 4.79 Å². The quantitative estimate of drug-likeness (QED) is 0.595. The summed E-state index contributed by atoms with van der Waals surface area (Å²) >= 11 is 1.71. The van der Waals surface area contributed by atoms with Crippen LogP contribution in [0.3, 0.4) is 0 Å². The van der Waals surface area contributed by atoms with Crippen LogP contribution in [0, 0.1) is 0 Å². The third kappa shape index (κ3) is 3.96. The number of primary amides is 1. The molecular formula is C12H17NOS. The maximum absolute atomic E-state index is 11.1. The van der Waals surface area contributed by atoms with Crippen molar-refractivity contribution in [1.82, 2.24) is 0 Å². The molecule has 0 unspecified atom stereocenters. The first-order valence-electron chi connectivity index (χ1n) is 5.27. The largest absolute Gasteiger partial charge is 0.366 e. The lowest BCUT2D eigenvalue weighted by molar-refractivity contribution is 0.0997. The van der Waals surface area contributed by atoms with Gasteiger partial charge in [0.1, 0.15) is 0 Å². The molecule has 15 heavy (non-hydrogen) atoms. The van der Waals surface area contributed by atoms with Gasteiger partial charge in [0, 0.05) is 4.90 Å². The van der Waals surface area contributed by atoms with E-state index in [9.17, 15) is 4.79 Å². The Bertz CT molecular complexity index is 325. The van der Waals surface area contributed by atoms with Crippen molar-refractivity contribution in [2.24, 2.45) is 5.73 Å². The van der Waals surface area contributed by atoms with E-state index in [1.165, 1.54) is 19.3 Å². The van der Waals surface area contributed by atoms with Crippen LogP contribution in [0.2, 0.25) is 0 Å². The molecule has 82 valence electrons. The van der Waals surface area contributed by atoms with Crippen molar-refractivity contribution in [3.63, 3.8) is 0 Å². The van der Waals surface area contributed by atoms with Crippen LogP contribution in [0.15, 0.2) is 29.2 Å². The second kappa shape index (κ2) is 6.51. The summed E-state index contributed by atoms with van der Waals surface area (Å²) in [5.41, 5.74) is 5.93. The summed E-state index contributed by atoms with van der Waals surface area (Å²) in [4.78, 5) is 12.1. The minimum atomic E-state index is -0.339. The van der Waals surface area contributed by atoms with Crippen molar-refractivity contribution in [1.29, 1.82) is 0 Å². The second-order valence-electron chi connectivity index (χ2n) is 3.42. The Morgan fingerprint density at radius 3 is 2.73 bits per heavy atom. The Morgan fingerprint density at radius 2 is 2.07 bits per heavy atom. The lowest BCUT2D eigenvalue weighted by Gasteiger charge is -2.05. The minimum absolute atomic E-state index is 0.339. The number of carbonyl (C=O) groups excluding carboxylic acids is 1. The summed E-state index contributed by atoms with van der Waals surface area (Å²) in [6.45, 7) is 2.18.